The maximum Gasteiger partial charge on any atom is 0.342 e. The van der Waals surface area contributed by atoms with E-state index in [1.165, 1.54) is 7.11 Å². The molecular weight excluding hydrogens is 518 g/mol. The number of methoxy groups -OCH3 is 2. The Morgan fingerprint density at radius 3 is 2.40 bits per heavy atom. The van der Waals surface area contributed by atoms with E-state index in [0.29, 0.717) is 35.4 Å². The number of ether oxygens (including phenoxy) is 4. The normalized spacial score (nSPS) is 12.4. The second-order valence-electron chi connectivity index (χ2n) is 9.50. The van der Waals surface area contributed by atoms with Gasteiger partial charge in [0.1, 0.15) is 23.7 Å². The van der Waals surface area contributed by atoms with Gasteiger partial charge in [-0.05, 0) is 56.4 Å². The fraction of sp³-hybridized carbons (Fsp3) is 0.400. The van der Waals surface area contributed by atoms with Crippen molar-refractivity contribution in [2.45, 2.75) is 65.5 Å². The van der Waals surface area contributed by atoms with Gasteiger partial charge < -0.3 is 29.4 Å². The molecule has 0 fully saturated rings. The Balaban J connectivity index is 1.68. The minimum absolute atomic E-state index is 0.00940. The van der Waals surface area contributed by atoms with Gasteiger partial charge in [-0.1, -0.05) is 23.8 Å². The number of carboxylic acids is 1. The average molecular weight is 554 g/mol. The molecule has 2 aromatic rings. The Morgan fingerprint density at radius 2 is 1.75 bits per heavy atom. The number of rotatable bonds is 14. The number of hydrogen-bond donors (Lipinski definition) is 2. The van der Waals surface area contributed by atoms with Gasteiger partial charge in [-0.2, -0.15) is 0 Å². The average Bonchev–Trinajstić information content (AvgIpc) is 3.33. The van der Waals surface area contributed by atoms with Crippen LogP contribution in [0.3, 0.4) is 0 Å². The van der Waals surface area contributed by atoms with E-state index in [0.717, 1.165) is 16.9 Å². The number of carboxylic acid groups (broad SMARTS) is 1. The van der Waals surface area contributed by atoms with Crippen molar-refractivity contribution in [2.24, 2.45) is 0 Å². The van der Waals surface area contributed by atoms with E-state index < -0.39 is 17.9 Å². The lowest BCUT2D eigenvalue weighted by atomic mass is 9.94. The summed E-state index contributed by atoms with van der Waals surface area (Å²) in [6.45, 7) is 4.02. The number of hydrogen-bond acceptors (Lipinski definition) is 8. The molecule has 1 heterocycles. The van der Waals surface area contributed by atoms with Crippen molar-refractivity contribution in [3.05, 3.63) is 63.7 Å². The number of fused-ring (bicyclic) bond motifs is 1. The van der Waals surface area contributed by atoms with Crippen LogP contribution < -0.4 is 19.5 Å². The van der Waals surface area contributed by atoms with E-state index >= 15 is 0 Å². The van der Waals surface area contributed by atoms with Crippen molar-refractivity contribution in [1.29, 1.82) is 0 Å². The van der Waals surface area contributed by atoms with Gasteiger partial charge in [-0.25, -0.2) is 4.79 Å². The number of carbonyl (C=O) groups excluding carboxylic acids is 3. The molecule has 0 spiro atoms. The zero-order valence-corrected chi connectivity index (χ0v) is 23.3. The fourth-order valence-electron chi connectivity index (χ4n) is 4.40. The quantitative estimate of drug-likeness (QED) is 0.198. The van der Waals surface area contributed by atoms with Crippen molar-refractivity contribution in [3.8, 4) is 17.2 Å². The van der Waals surface area contributed by atoms with Crippen LogP contribution in [0.2, 0.25) is 0 Å². The van der Waals surface area contributed by atoms with Crippen molar-refractivity contribution in [2.75, 3.05) is 14.2 Å². The maximum absolute atomic E-state index is 12.9. The van der Waals surface area contributed by atoms with E-state index in [2.05, 4.69) is 5.32 Å². The standard InChI is InChI=1S/C30H35NO9/c1-18(9-15-25(33)34)8-14-22-28(38-4)19(2)23-17-39-30(36)27(23)29(22)40-26(35)7-5-6-24(32)31-16-20-10-12-21(37-3)13-11-20/h8,10-13H,5-7,9,14-17H2,1-4H3,(H,31,32)(H,33,34). The Bertz CT molecular complexity index is 1300. The van der Waals surface area contributed by atoms with Crippen LogP contribution in [0, 0.1) is 6.92 Å². The number of cyclic esters (lactones) is 1. The predicted octanol–water partition coefficient (Wildman–Crippen LogP) is 4.43. The molecule has 0 saturated carbocycles. The number of benzene rings is 2. The first kappa shape index (κ1) is 30.2. The zero-order chi connectivity index (χ0) is 29.2. The second kappa shape index (κ2) is 14.2. The van der Waals surface area contributed by atoms with Gasteiger partial charge in [0.05, 0.1) is 14.2 Å². The van der Waals surface area contributed by atoms with Crippen molar-refractivity contribution in [1.82, 2.24) is 5.32 Å². The smallest absolute Gasteiger partial charge is 0.342 e. The van der Waals surface area contributed by atoms with Gasteiger partial charge >= 0.3 is 17.9 Å². The van der Waals surface area contributed by atoms with Crippen molar-refractivity contribution in [3.63, 3.8) is 0 Å². The highest BCUT2D eigenvalue weighted by Crippen LogP contribution is 2.43. The lowest BCUT2D eigenvalue weighted by Crippen LogP contribution is -2.23. The van der Waals surface area contributed by atoms with Gasteiger partial charge in [-0.3, -0.25) is 14.4 Å². The summed E-state index contributed by atoms with van der Waals surface area (Å²) >= 11 is 0. The SMILES string of the molecule is COc1ccc(CNC(=O)CCCC(=O)Oc2c(CC=C(C)CCC(=O)O)c(OC)c(C)c3c2C(=O)OC3)cc1. The first-order valence-electron chi connectivity index (χ1n) is 13.0. The van der Waals surface area contributed by atoms with Gasteiger partial charge in [0.25, 0.3) is 0 Å². The molecule has 2 aromatic carbocycles. The van der Waals surface area contributed by atoms with Crippen LogP contribution in [0.5, 0.6) is 17.2 Å². The van der Waals surface area contributed by atoms with E-state index in [1.54, 1.807) is 14.0 Å². The third-order valence-electron chi connectivity index (χ3n) is 6.66. The summed E-state index contributed by atoms with van der Waals surface area (Å²) in [5.74, 6) is -1.00. The number of nitrogens with one attached hydrogen (secondary N) is 1. The molecular formula is C30H35NO9. The summed E-state index contributed by atoms with van der Waals surface area (Å²) < 4.78 is 21.7. The molecule has 0 atom stereocenters. The zero-order valence-electron chi connectivity index (χ0n) is 23.3. The number of aliphatic carboxylic acids is 1. The molecule has 0 bridgehead atoms. The predicted molar refractivity (Wildman–Crippen MR) is 146 cm³/mol. The van der Waals surface area contributed by atoms with Crippen LogP contribution in [0.15, 0.2) is 35.9 Å². The molecule has 0 aromatic heterocycles. The Kier molecular flexibility index (Phi) is 10.7. The van der Waals surface area contributed by atoms with Crippen LogP contribution >= 0.6 is 0 Å². The van der Waals surface area contributed by atoms with E-state index in [9.17, 15) is 19.2 Å². The molecule has 10 nitrogen and oxygen atoms in total. The maximum atomic E-state index is 12.9. The second-order valence-corrected chi connectivity index (χ2v) is 9.50. The topological polar surface area (TPSA) is 137 Å². The molecule has 1 aliphatic heterocycles. The molecule has 3 rings (SSSR count). The highest BCUT2D eigenvalue weighted by atomic mass is 16.6. The third-order valence-corrected chi connectivity index (χ3v) is 6.66. The summed E-state index contributed by atoms with van der Waals surface area (Å²) in [6.07, 6.45) is 2.78. The first-order valence-corrected chi connectivity index (χ1v) is 13.0. The van der Waals surface area contributed by atoms with Gasteiger partial charge in [-0.15, -0.1) is 0 Å². The summed E-state index contributed by atoms with van der Waals surface area (Å²) in [5, 5.41) is 11.8. The van der Waals surface area contributed by atoms with Crippen LogP contribution in [-0.2, 0) is 38.7 Å². The van der Waals surface area contributed by atoms with Gasteiger partial charge in [0.15, 0.2) is 5.75 Å². The van der Waals surface area contributed by atoms with E-state index in [1.807, 2.05) is 37.3 Å². The molecule has 0 saturated heterocycles. The summed E-state index contributed by atoms with van der Waals surface area (Å²) in [6, 6.07) is 7.34. The van der Waals surface area contributed by atoms with Crippen LogP contribution in [0.1, 0.15) is 71.6 Å². The molecule has 0 radical (unpaired) electrons. The highest BCUT2D eigenvalue weighted by Gasteiger charge is 2.34. The first-order chi connectivity index (χ1) is 19.1. The van der Waals surface area contributed by atoms with Gasteiger partial charge in [0.2, 0.25) is 5.91 Å². The summed E-state index contributed by atoms with van der Waals surface area (Å²) in [5.41, 5.74) is 3.75. The number of amides is 1. The number of carbonyl (C=O) groups is 4. The fourth-order valence-corrected chi connectivity index (χ4v) is 4.40. The molecule has 214 valence electrons. The highest BCUT2D eigenvalue weighted by molar-refractivity contribution is 5.99. The Morgan fingerprint density at radius 1 is 1.02 bits per heavy atom. The molecule has 1 aliphatic rings. The van der Waals surface area contributed by atoms with Gasteiger partial charge in [0, 0.05) is 36.9 Å². The molecule has 0 aliphatic carbocycles. The van der Waals surface area contributed by atoms with Crippen LogP contribution in [-0.4, -0.2) is 43.1 Å². The van der Waals surface area contributed by atoms with Crippen LogP contribution in [0.25, 0.3) is 0 Å². The summed E-state index contributed by atoms with van der Waals surface area (Å²) in [4.78, 5) is 48.7. The van der Waals surface area contributed by atoms with Crippen molar-refractivity contribution < 1.29 is 43.2 Å². The largest absolute Gasteiger partial charge is 0.497 e. The number of esters is 2. The Hall–Kier alpha value is -4.34. The monoisotopic (exact) mass is 553 g/mol. The molecule has 0 unspecified atom stereocenters. The molecule has 10 heteroatoms. The molecule has 1 amide bonds. The van der Waals surface area contributed by atoms with E-state index in [-0.39, 0.29) is 55.9 Å². The lowest BCUT2D eigenvalue weighted by Gasteiger charge is -2.19. The van der Waals surface area contributed by atoms with Crippen molar-refractivity contribution >= 4 is 23.8 Å². The molecule has 40 heavy (non-hydrogen) atoms. The minimum Gasteiger partial charge on any atom is -0.497 e. The third kappa shape index (κ3) is 7.84. The summed E-state index contributed by atoms with van der Waals surface area (Å²) in [7, 11) is 3.08. The van der Waals surface area contributed by atoms with Crippen LogP contribution in [0.4, 0.5) is 0 Å². The number of allylic oxidation sites excluding steroid dienone is 2. The molecule has 2 N–H and O–H groups in total. The lowest BCUT2D eigenvalue weighted by molar-refractivity contribution is -0.137. The minimum atomic E-state index is -0.898. The van der Waals surface area contributed by atoms with E-state index in [4.69, 9.17) is 24.1 Å². The Labute approximate surface area is 233 Å².